The van der Waals surface area contributed by atoms with Gasteiger partial charge in [0.15, 0.2) is 5.82 Å². The SMILES string of the molecule is CCCN(CC(=O)OC)S(=O)(=O)c1cccc(Cl)c1F. The maximum atomic E-state index is 13.9. The van der Waals surface area contributed by atoms with E-state index in [2.05, 4.69) is 4.74 Å². The Balaban J connectivity index is 3.22. The monoisotopic (exact) mass is 323 g/mol. The number of nitrogens with zero attached hydrogens (tertiary/aromatic N) is 1. The number of esters is 1. The van der Waals surface area contributed by atoms with E-state index < -0.39 is 33.3 Å². The molecular formula is C12H15ClFNO4S. The van der Waals surface area contributed by atoms with Gasteiger partial charge in [-0.2, -0.15) is 4.31 Å². The van der Waals surface area contributed by atoms with Gasteiger partial charge in [-0.25, -0.2) is 12.8 Å². The van der Waals surface area contributed by atoms with E-state index in [4.69, 9.17) is 11.6 Å². The van der Waals surface area contributed by atoms with E-state index in [9.17, 15) is 17.6 Å². The van der Waals surface area contributed by atoms with Crippen molar-refractivity contribution in [2.45, 2.75) is 18.2 Å². The van der Waals surface area contributed by atoms with Crippen LogP contribution in [0.15, 0.2) is 23.1 Å². The molecule has 20 heavy (non-hydrogen) atoms. The lowest BCUT2D eigenvalue weighted by Crippen LogP contribution is -2.37. The molecular weight excluding hydrogens is 309 g/mol. The van der Waals surface area contributed by atoms with Gasteiger partial charge in [-0.1, -0.05) is 24.6 Å². The average molecular weight is 324 g/mol. The molecule has 0 spiro atoms. The van der Waals surface area contributed by atoms with Crippen LogP contribution < -0.4 is 0 Å². The summed E-state index contributed by atoms with van der Waals surface area (Å²) in [5.41, 5.74) is 0. The van der Waals surface area contributed by atoms with Crippen molar-refractivity contribution in [3.63, 3.8) is 0 Å². The summed E-state index contributed by atoms with van der Waals surface area (Å²) in [4.78, 5) is 10.7. The van der Waals surface area contributed by atoms with Gasteiger partial charge in [-0.3, -0.25) is 4.79 Å². The molecule has 5 nitrogen and oxygen atoms in total. The summed E-state index contributed by atoms with van der Waals surface area (Å²) in [5.74, 6) is -1.75. The summed E-state index contributed by atoms with van der Waals surface area (Å²) in [6.07, 6.45) is 0.471. The van der Waals surface area contributed by atoms with Crippen LogP contribution in [-0.4, -0.2) is 38.9 Å². The maximum Gasteiger partial charge on any atom is 0.321 e. The number of halogens is 2. The maximum absolute atomic E-state index is 13.9. The number of rotatable bonds is 6. The van der Waals surface area contributed by atoms with Gasteiger partial charge in [-0.05, 0) is 18.6 Å². The minimum atomic E-state index is -4.15. The van der Waals surface area contributed by atoms with Crippen molar-refractivity contribution in [2.24, 2.45) is 0 Å². The third-order valence-corrected chi connectivity index (χ3v) is 4.69. The highest BCUT2D eigenvalue weighted by Crippen LogP contribution is 2.24. The standard InChI is InChI=1S/C12H15ClFNO4S/c1-3-7-15(8-11(16)19-2)20(17,18)10-6-4-5-9(13)12(10)14/h4-6H,3,7-8H2,1-2H3. The first kappa shape index (κ1) is 16.9. The van der Waals surface area contributed by atoms with E-state index in [1.807, 2.05) is 0 Å². The third kappa shape index (κ3) is 3.68. The Morgan fingerprint density at radius 3 is 2.65 bits per heavy atom. The second kappa shape index (κ2) is 7.01. The number of hydrogen-bond donors (Lipinski definition) is 0. The largest absolute Gasteiger partial charge is 0.468 e. The quantitative estimate of drug-likeness (QED) is 0.752. The van der Waals surface area contributed by atoms with Crippen molar-refractivity contribution in [3.05, 3.63) is 29.0 Å². The van der Waals surface area contributed by atoms with E-state index in [-0.39, 0.29) is 11.6 Å². The Morgan fingerprint density at radius 1 is 1.45 bits per heavy atom. The number of hydrogen-bond acceptors (Lipinski definition) is 4. The lowest BCUT2D eigenvalue weighted by atomic mass is 10.3. The molecule has 0 N–H and O–H groups in total. The lowest BCUT2D eigenvalue weighted by Gasteiger charge is -2.20. The number of benzene rings is 1. The van der Waals surface area contributed by atoms with Crippen LogP contribution in [0, 0.1) is 5.82 Å². The zero-order valence-corrected chi connectivity index (χ0v) is 12.7. The smallest absolute Gasteiger partial charge is 0.321 e. The predicted molar refractivity (Wildman–Crippen MR) is 72.5 cm³/mol. The Bertz CT molecular complexity index is 591. The highest BCUT2D eigenvalue weighted by molar-refractivity contribution is 7.89. The Morgan fingerprint density at radius 2 is 2.10 bits per heavy atom. The zero-order valence-electron chi connectivity index (χ0n) is 11.1. The molecule has 0 atom stereocenters. The van der Waals surface area contributed by atoms with Crippen molar-refractivity contribution >= 4 is 27.6 Å². The van der Waals surface area contributed by atoms with Crippen LogP contribution >= 0.6 is 11.6 Å². The molecule has 0 heterocycles. The van der Waals surface area contributed by atoms with E-state index in [0.717, 1.165) is 17.5 Å². The molecule has 0 bridgehead atoms. The second-order valence-electron chi connectivity index (χ2n) is 3.97. The molecule has 0 aliphatic carbocycles. The first-order chi connectivity index (χ1) is 9.34. The number of carbonyl (C=O) groups is 1. The molecule has 112 valence electrons. The summed E-state index contributed by atoms with van der Waals surface area (Å²) in [6, 6.07) is 3.69. The fraction of sp³-hybridized carbons (Fsp3) is 0.417. The van der Waals surface area contributed by atoms with Gasteiger partial charge in [0, 0.05) is 6.54 Å². The van der Waals surface area contributed by atoms with E-state index in [0.29, 0.717) is 6.42 Å². The first-order valence-corrected chi connectivity index (χ1v) is 7.67. The van der Waals surface area contributed by atoms with Crippen LogP contribution in [0.1, 0.15) is 13.3 Å². The van der Waals surface area contributed by atoms with Crippen LogP contribution in [0.4, 0.5) is 4.39 Å². The van der Waals surface area contributed by atoms with Crippen molar-refractivity contribution in [2.75, 3.05) is 20.2 Å². The minimum Gasteiger partial charge on any atom is -0.468 e. The number of carbonyl (C=O) groups excluding carboxylic acids is 1. The minimum absolute atomic E-state index is 0.0728. The van der Waals surface area contributed by atoms with Gasteiger partial charge in [0.05, 0.1) is 12.1 Å². The van der Waals surface area contributed by atoms with Crippen LogP contribution in [-0.2, 0) is 19.6 Å². The molecule has 0 aliphatic heterocycles. The molecule has 0 saturated carbocycles. The first-order valence-electron chi connectivity index (χ1n) is 5.85. The zero-order chi connectivity index (χ0) is 15.3. The predicted octanol–water partition coefficient (Wildman–Crippen LogP) is 2.05. The molecule has 1 rings (SSSR count). The molecule has 1 aromatic carbocycles. The van der Waals surface area contributed by atoms with E-state index in [1.165, 1.54) is 12.1 Å². The number of sulfonamides is 1. The van der Waals surface area contributed by atoms with Crippen LogP contribution in [0.5, 0.6) is 0 Å². The van der Waals surface area contributed by atoms with E-state index in [1.54, 1.807) is 6.92 Å². The van der Waals surface area contributed by atoms with Crippen molar-refractivity contribution in [1.29, 1.82) is 0 Å². The molecule has 8 heteroatoms. The molecule has 0 aromatic heterocycles. The van der Waals surface area contributed by atoms with Gasteiger partial charge in [-0.15, -0.1) is 0 Å². The summed E-state index contributed by atoms with van der Waals surface area (Å²) in [6.45, 7) is 1.34. The lowest BCUT2D eigenvalue weighted by molar-refractivity contribution is -0.140. The Hall–Kier alpha value is -1.18. The third-order valence-electron chi connectivity index (χ3n) is 2.54. The van der Waals surface area contributed by atoms with Gasteiger partial charge in [0.25, 0.3) is 0 Å². The van der Waals surface area contributed by atoms with Gasteiger partial charge >= 0.3 is 5.97 Å². The van der Waals surface area contributed by atoms with Gasteiger partial charge in [0.2, 0.25) is 10.0 Å². The summed E-state index contributed by atoms with van der Waals surface area (Å²) in [5, 5.41) is -0.291. The van der Waals surface area contributed by atoms with Crippen LogP contribution in [0.25, 0.3) is 0 Å². The fourth-order valence-electron chi connectivity index (χ4n) is 1.56. The van der Waals surface area contributed by atoms with Crippen molar-refractivity contribution in [3.8, 4) is 0 Å². The summed E-state index contributed by atoms with van der Waals surface area (Å²) >= 11 is 5.59. The molecule has 0 fully saturated rings. The second-order valence-corrected chi connectivity index (χ2v) is 6.28. The fourth-order valence-corrected chi connectivity index (χ4v) is 3.36. The molecule has 0 saturated heterocycles. The Kier molecular flexibility index (Phi) is 5.91. The molecule has 0 amide bonds. The Labute approximate surface area is 122 Å². The van der Waals surface area contributed by atoms with Gasteiger partial charge in [0.1, 0.15) is 11.4 Å². The highest BCUT2D eigenvalue weighted by atomic mass is 35.5. The number of methoxy groups -OCH3 is 1. The summed E-state index contributed by atoms with van der Waals surface area (Å²) in [7, 11) is -3.00. The topological polar surface area (TPSA) is 63.7 Å². The van der Waals surface area contributed by atoms with Crippen molar-refractivity contribution in [1.82, 2.24) is 4.31 Å². The van der Waals surface area contributed by atoms with E-state index >= 15 is 0 Å². The molecule has 1 aromatic rings. The van der Waals surface area contributed by atoms with Crippen molar-refractivity contribution < 1.29 is 22.3 Å². The number of ether oxygens (including phenoxy) is 1. The average Bonchev–Trinajstić information content (AvgIpc) is 2.40. The van der Waals surface area contributed by atoms with Gasteiger partial charge < -0.3 is 4.74 Å². The highest BCUT2D eigenvalue weighted by Gasteiger charge is 2.29. The normalized spacial score (nSPS) is 11.7. The molecule has 0 aliphatic rings. The molecule has 0 unspecified atom stereocenters. The summed E-state index contributed by atoms with van der Waals surface area (Å²) < 4.78 is 43.9. The van der Waals surface area contributed by atoms with Crippen LogP contribution in [0.3, 0.4) is 0 Å². The van der Waals surface area contributed by atoms with Crippen LogP contribution in [0.2, 0.25) is 5.02 Å². The molecule has 0 radical (unpaired) electrons.